The summed E-state index contributed by atoms with van der Waals surface area (Å²) in [6, 6.07) is 18.4. The van der Waals surface area contributed by atoms with E-state index in [4.69, 9.17) is 14.9 Å². The molecule has 2 amide bonds. The van der Waals surface area contributed by atoms with Crippen molar-refractivity contribution in [2.75, 3.05) is 11.1 Å². The Labute approximate surface area is 200 Å². The molecule has 2 aromatic carbocycles. The number of nitrogens with two attached hydrogens (primary N) is 1. The van der Waals surface area contributed by atoms with E-state index in [2.05, 4.69) is 15.5 Å². The third kappa shape index (κ3) is 5.84. The van der Waals surface area contributed by atoms with Crippen molar-refractivity contribution in [2.24, 2.45) is 5.73 Å². The van der Waals surface area contributed by atoms with Gasteiger partial charge in [-0.2, -0.15) is 0 Å². The van der Waals surface area contributed by atoms with Crippen LogP contribution in [-0.4, -0.2) is 32.3 Å². The van der Waals surface area contributed by atoms with Crippen molar-refractivity contribution in [3.63, 3.8) is 0 Å². The Bertz CT molecular complexity index is 1270. The first kappa shape index (κ1) is 23.1. The van der Waals surface area contributed by atoms with Crippen molar-refractivity contribution in [1.82, 2.24) is 14.8 Å². The molecule has 4 rings (SSSR count). The first-order valence-corrected chi connectivity index (χ1v) is 11.5. The van der Waals surface area contributed by atoms with Crippen molar-refractivity contribution in [3.8, 4) is 23.1 Å². The minimum Gasteiger partial charge on any atom is -0.461 e. The van der Waals surface area contributed by atoms with E-state index in [9.17, 15) is 9.59 Å². The molecule has 4 aromatic rings. The minimum absolute atomic E-state index is 0.0751. The van der Waals surface area contributed by atoms with Gasteiger partial charge in [0.25, 0.3) is 0 Å². The van der Waals surface area contributed by atoms with E-state index in [-0.39, 0.29) is 24.6 Å². The van der Waals surface area contributed by atoms with Gasteiger partial charge in [-0.3, -0.25) is 14.2 Å². The molecular weight excluding hydrogens is 454 g/mol. The van der Waals surface area contributed by atoms with Gasteiger partial charge in [0.15, 0.2) is 22.5 Å². The largest absolute Gasteiger partial charge is 0.461 e. The quantitative estimate of drug-likeness (QED) is 0.327. The summed E-state index contributed by atoms with van der Waals surface area (Å²) in [5.41, 5.74) is 7.00. The van der Waals surface area contributed by atoms with E-state index in [1.165, 1.54) is 18.0 Å². The van der Waals surface area contributed by atoms with Crippen LogP contribution in [0, 0.1) is 6.92 Å². The van der Waals surface area contributed by atoms with Crippen LogP contribution < -0.4 is 15.8 Å². The van der Waals surface area contributed by atoms with Crippen LogP contribution in [0.2, 0.25) is 0 Å². The molecule has 2 heterocycles. The summed E-state index contributed by atoms with van der Waals surface area (Å²) in [6.45, 7) is 2.28. The number of primary amides is 1. The van der Waals surface area contributed by atoms with Crippen molar-refractivity contribution < 1.29 is 18.7 Å². The van der Waals surface area contributed by atoms with Gasteiger partial charge in [0.2, 0.25) is 11.8 Å². The van der Waals surface area contributed by atoms with E-state index < -0.39 is 5.91 Å². The Balaban J connectivity index is 1.44. The topological polar surface area (TPSA) is 125 Å². The van der Waals surface area contributed by atoms with Crippen molar-refractivity contribution in [1.29, 1.82) is 0 Å². The summed E-state index contributed by atoms with van der Waals surface area (Å²) in [5.74, 6) is 1.57. The number of furan rings is 1. The van der Waals surface area contributed by atoms with Gasteiger partial charge >= 0.3 is 0 Å². The highest BCUT2D eigenvalue weighted by Gasteiger charge is 2.18. The number of benzene rings is 2. The third-order valence-electron chi connectivity index (χ3n) is 4.78. The van der Waals surface area contributed by atoms with Crippen LogP contribution in [0.25, 0.3) is 11.6 Å². The van der Waals surface area contributed by atoms with Gasteiger partial charge in [-0.1, -0.05) is 41.6 Å². The number of aryl methyl sites for hydroxylation is 1. The average Bonchev–Trinajstić information content (AvgIpc) is 3.49. The predicted molar refractivity (Wildman–Crippen MR) is 129 cm³/mol. The number of anilines is 1. The number of aromatic nitrogens is 3. The lowest BCUT2D eigenvalue weighted by atomic mass is 10.2. The van der Waals surface area contributed by atoms with Crippen LogP contribution in [0.4, 0.5) is 5.69 Å². The van der Waals surface area contributed by atoms with Gasteiger partial charge in [-0.15, -0.1) is 10.2 Å². The maximum absolute atomic E-state index is 12.7. The summed E-state index contributed by atoms with van der Waals surface area (Å²) < 4.78 is 13.1. The molecule has 10 heteroatoms. The molecule has 3 N–H and O–H groups in total. The number of carbonyl (C=O) groups excluding carboxylic acids is 2. The Morgan fingerprint density at radius 2 is 1.88 bits per heavy atom. The molecule has 0 aliphatic rings. The monoisotopic (exact) mass is 477 g/mol. The van der Waals surface area contributed by atoms with Crippen molar-refractivity contribution in [3.05, 3.63) is 72.5 Å². The van der Waals surface area contributed by atoms with E-state index >= 15 is 0 Å². The van der Waals surface area contributed by atoms with Gasteiger partial charge in [-0.25, -0.2) is 0 Å². The molecule has 9 nitrogen and oxygen atoms in total. The Morgan fingerprint density at radius 3 is 2.62 bits per heavy atom. The molecule has 0 bridgehead atoms. The molecule has 0 saturated heterocycles. The molecule has 0 unspecified atom stereocenters. The van der Waals surface area contributed by atoms with E-state index in [0.717, 1.165) is 5.56 Å². The number of hydrogen-bond donors (Lipinski definition) is 2. The molecule has 0 saturated carbocycles. The zero-order chi connectivity index (χ0) is 23.9. The number of hydrogen-bond acceptors (Lipinski definition) is 7. The first-order valence-electron chi connectivity index (χ1n) is 10.5. The number of rotatable bonds is 10. The van der Waals surface area contributed by atoms with E-state index in [1.807, 2.05) is 43.3 Å². The van der Waals surface area contributed by atoms with Crippen LogP contribution in [-0.2, 0) is 16.1 Å². The predicted octanol–water partition coefficient (Wildman–Crippen LogP) is 4.25. The number of amides is 2. The fourth-order valence-electron chi connectivity index (χ4n) is 3.12. The van der Waals surface area contributed by atoms with Crippen LogP contribution >= 0.6 is 11.8 Å². The van der Waals surface area contributed by atoms with Gasteiger partial charge in [0, 0.05) is 13.0 Å². The smallest absolute Gasteiger partial charge is 0.234 e. The second-order valence-corrected chi connectivity index (χ2v) is 8.34. The zero-order valence-electron chi connectivity index (χ0n) is 18.4. The molecule has 34 heavy (non-hydrogen) atoms. The van der Waals surface area contributed by atoms with Gasteiger partial charge < -0.3 is 20.2 Å². The Morgan fingerprint density at radius 1 is 1.09 bits per heavy atom. The zero-order valence-corrected chi connectivity index (χ0v) is 19.2. The second kappa shape index (κ2) is 10.7. The average molecular weight is 478 g/mol. The van der Waals surface area contributed by atoms with Crippen molar-refractivity contribution in [2.45, 2.75) is 25.0 Å². The second-order valence-electron chi connectivity index (χ2n) is 7.40. The van der Waals surface area contributed by atoms with E-state index in [0.29, 0.717) is 33.9 Å². The molecule has 0 aliphatic heterocycles. The summed E-state index contributed by atoms with van der Waals surface area (Å²) >= 11 is 1.20. The summed E-state index contributed by atoms with van der Waals surface area (Å²) in [4.78, 5) is 24.0. The first-order chi connectivity index (χ1) is 16.5. The fourth-order valence-corrected chi connectivity index (χ4v) is 3.88. The number of ether oxygens (including phenoxy) is 1. The Hall–Kier alpha value is -4.05. The highest BCUT2D eigenvalue weighted by Crippen LogP contribution is 2.30. The van der Waals surface area contributed by atoms with Crippen LogP contribution in [0.1, 0.15) is 12.0 Å². The summed E-state index contributed by atoms with van der Waals surface area (Å²) in [5, 5.41) is 11.7. The number of para-hydroxylation sites is 2. The maximum atomic E-state index is 12.7. The maximum Gasteiger partial charge on any atom is 0.234 e. The van der Waals surface area contributed by atoms with Gasteiger partial charge in [0.05, 0.1) is 17.7 Å². The van der Waals surface area contributed by atoms with Crippen LogP contribution in [0.15, 0.2) is 76.5 Å². The number of nitrogens with zero attached hydrogens (tertiary/aromatic N) is 3. The molecule has 0 spiro atoms. The molecule has 0 radical (unpaired) electrons. The standard InChI is InChI=1S/C24H23N5O4S/c1-16-8-10-17(11-9-16)33-19-6-3-2-5-18(19)26-22(31)15-34-24-28-27-23(20-7-4-14-32-20)29(24)13-12-21(25)30/h2-11,14H,12-13,15H2,1H3,(H2,25,30)(H,26,31). The van der Waals surface area contributed by atoms with Crippen LogP contribution in [0.5, 0.6) is 11.5 Å². The number of nitrogens with one attached hydrogen (secondary N) is 1. The lowest BCUT2D eigenvalue weighted by Crippen LogP contribution is -2.17. The van der Waals surface area contributed by atoms with Crippen LogP contribution in [0.3, 0.4) is 0 Å². The summed E-state index contributed by atoms with van der Waals surface area (Å²) in [7, 11) is 0. The highest BCUT2D eigenvalue weighted by molar-refractivity contribution is 7.99. The van der Waals surface area contributed by atoms with Gasteiger partial charge in [0.1, 0.15) is 5.75 Å². The SMILES string of the molecule is Cc1ccc(Oc2ccccc2NC(=O)CSc2nnc(-c3ccco3)n2CCC(N)=O)cc1. The molecule has 174 valence electrons. The molecule has 2 aromatic heterocycles. The molecule has 0 aliphatic carbocycles. The number of carbonyl (C=O) groups is 2. The molecular formula is C24H23N5O4S. The van der Waals surface area contributed by atoms with E-state index in [1.54, 1.807) is 28.8 Å². The van der Waals surface area contributed by atoms with Crippen molar-refractivity contribution >= 4 is 29.3 Å². The lowest BCUT2D eigenvalue weighted by molar-refractivity contribution is -0.118. The fraction of sp³-hybridized carbons (Fsp3) is 0.167. The normalized spacial score (nSPS) is 10.7. The lowest BCUT2D eigenvalue weighted by Gasteiger charge is -2.12. The van der Waals surface area contributed by atoms with Gasteiger partial charge in [-0.05, 0) is 43.3 Å². The molecule has 0 atom stereocenters. The highest BCUT2D eigenvalue weighted by atomic mass is 32.2. The Kier molecular flexibility index (Phi) is 7.28. The minimum atomic E-state index is -0.446. The summed E-state index contributed by atoms with van der Waals surface area (Å²) in [6.07, 6.45) is 1.63. The number of thioether (sulfide) groups is 1. The molecule has 0 fully saturated rings. The third-order valence-corrected chi connectivity index (χ3v) is 5.75.